The number of hydrogen-bond donors (Lipinski definition) is 2. The van der Waals surface area contributed by atoms with Gasteiger partial charge in [-0.05, 0) is 68.0 Å². The largest absolute Gasteiger partial charge is 0.484 e. The van der Waals surface area contributed by atoms with Crippen LogP contribution in [0.3, 0.4) is 0 Å². The molecule has 5 nitrogen and oxygen atoms in total. The minimum Gasteiger partial charge on any atom is -0.484 e. The van der Waals surface area contributed by atoms with Crippen LogP contribution in [0.1, 0.15) is 62.6 Å². The first-order valence-corrected chi connectivity index (χ1v) is 11.1. The van der Waals surface area contributed by atoms with Crippen LogP contribution in [-0.2, 0) is 15.0 Å². The zero-order chi connectivity index (χ0) is 21.8. The Kier molecular flexibility index (Phi) is 6.25. The maximum Gasteiger partial charge on any atom is 0.258 e. The summed E-state index contributed by atoms with van der Waals surface area (Å²) in [7, 11) is 0. The van der Waals surface area contributed by atoms with Gasteiger partial charge in [-0.2, -0.15) is 0 Å². The van der Waals surface area contributed by atoms with E-state index >= 15 is 0 Å². The number of nitrogens with one attached hydrogen (secondary N) is 2. The number of halogens is 1. The predicted molar refractivity (Wildman–Crippen MR) is 116 cm³/mol. The van der Waals surface area contributed by atoms with Gasteiger partial charge in [0.15, 0.2) is 6.61 Å². The molecule has 2 fully saturated rings. The van der Waals surface area contributed by atoms with Gasteiger partial charge in [-0.3, -0.25) is 9.59 Å². The predicted octanol–water partition coefficient (Wildman–Crippen LogP) is 4.17. The van der Waals surface area contributed by atoms with Gasteiger partial charge in [-0.15, -0.1) is 0 Å². The summed E-state index contributed by atoms with van der Waals surface area (Å²) < 4.78 is 19.4. The number of ether oxygens (including phenoxy) is 1. The van der Waals surface area contributed by atoms with Crippen molar-refractivity contribution in [2.24, 2.45) is 0 Å². The van der Waals surface area contributed by atoms with Crippen LogP contribution >= 0.6 is 0 Å². The lowest BCUT2D eigenvalue weighted by molar-refractivity contribution is -0.127. The van der Waals surface area contributed by atoms with Crippen LogP contribution in [-0.4, -0.2) is 24.5 Å². The average Bonchev–Trinajstić information content (AvgIpc) is 3.43. The van der Waals surface area contributed by atoms with Gasteiger partial charge in [-0.1, -0.05) is 37.1 Å². The molecule has 4 rings (SSSR count). The van der Waals surface area contributed by atoms with Crippen molar-refractivity contribution in [1.82, 2.24) is 10.6 Å². The molecule has 2 aromatic rings. The van der Waals surface area contributed by atoms with Gasteiger partial charge in [0.1, 0.15) is 11.6 Å². The first-order valence-electron chi connectivity index (χ1n) is 11.1. The van der Waals surface area contributed by atoms with Crippen LogP contribution in [0.4, 0.5) is 4.39 Å². The van der Waals surface area contributed by atoms with E-state index in [-0.39, 0.29) is 30.3 Å². The summed E-state index contributed by atoms with van der Waals surface area (Å²) in [6, 6.07) is 13.9. The van der Waals surface area contributed by atoms with E-state index in [9.17, 15) is 14.0 Å². The lowest BCUT2D eigenvalue weighted by atomic mass is 9.77. The van der Waals surface area contributed by atoms with E-state index in [1.807, 2.05) is 25.1 Å². The molecule has 1 atom stereocenters. The molecule has 31 heavy (non-hydrogen) atoms. The highest BCUT2D eigenvalue weighted by molar-refractivity contribution is 5.89. The third-order valence-electron chi connectivity index (χ3n) is 6.31. The molecular formula is C25H29FN2O3. The zero-order valence-corrected chi connectivity index (χ0v) is 17.8. The van der Waals surface area contributed by atoms with Gasteiger partial charge < -0.3 is 15.4 Å². The smallest absolute Gasteiger partial charge is 0.258 e. The van der Waals surface area contributed by atoms with Gasteiger partial charge in [0.05, 0.1) is 11.5 Å². The minimum absolute atomic E-state index is 0.00170. The molecular weight excluding hydrogens is 395 g/mol. The number of rotatable bonds is 8. The Morgan fingerprint density at radius 3 is 2.48 bits per heavy atom. The minimum atomic E-state index is -0.672. The summed E-state index contributed by atoms with van der Waals surface area (Å²) in [5, 5.41) is 6.02. The van der Waals surface area contributed by atoms with Crippen molar-refractivity contribution in [1.29, 1.82) is 0 Å². The Morgan fingerprint density at radius 1 is 1.13 bits per heavy atom. The van der Waals surface area contributed by atoms with Gasteiger partial charge in [0, 0.05) is 6.04 Å². The molecule has 2 aliphatic carbocycles. The molecule has 164 valence electrons. The van der Waals surface area contributed by atoms with E-state index in [4.69, 9.17) is 4.74 Å². The van der Waals surface area contributed by atoms with E-state index in [2.05, 4.69) is 10.6 Å². The molecule has 2 amide bonds. The van der Waals surface area contributed by atoms with Gasteiger partial charge in [0.25, 0.3) is 5.91 Å². The summed E-state index contributed by atoms with van der Waals surface area (Å²) in [4.78, 5) is 25.0. The maximum absolute atomic E-state index is 13.8. The van der Waals surface area contributed by atoms with E-state index in [1.54, 1.807) is 18.2 Å². The summed E-state index contributed by atoms with van der Waals surface area (Å²) >= 11 is 0. The zero-order valence-electron chi connectivity index (χ0n) is 17.8. The second kappa shape index (κ2) is 9.08. The topological polar surface area (TPSA) is 67.4 Å². The van der Waals surface area contributed by atoms with E-state index in [0.29, 0.717) is 11.8 Å². The van der Waals surface area contributed by atoms with Crippen LogP contribution in [0.5, 0.6) is 5.75 Å². The first-order chi connectivity index (χ1) is 15.0. The lowest BCUT2D eigenvalue weighted by Gasteiger charge is -2.30. The highest BCUT2D eigenvalue weighted by Gasteiger charge is 2.43. The molecule has 6 heteroatoms. The molecule has 0 radical (unpaired) electrons. The molecule has 2 aromatic carbocycles. The summed E-state index contributed by atoms with van der Waals surface area (Å²) in [6.07, 6.45) is 5.46. The first kappa shape index (κ1) is 21.3. The standard InChI is InChI=1S/C25H29FN2O3/c1-17(18-7-11-22(12-8-18)31-16-23(29)28-21-9-10-21)27-24(30)25(13-2-3-14-25)19-5-4-6-20(26)15-19/h4-8,11-12,15,17,21H,2-3,9-10,13-14,16H2,1H3,(H,27,30)(H,28,29). The van der Waals surface area contributed by atoms with Crippen LogP contribution in [0.25, 0.3) is 0 Å². The van der Waals surface area contributed by atoms with Crippen LogP contribution < -0.4 is 15.4 Å². The second-order valence-electron chi connectivity index (χ2n) is 8.69. The Hall–Kier alpha value is -2.89. The van der Waals surface area contributed by atoms with E-state index < -0.39 is 5.41 Å². The molecule has 0 saturated heterocycles. The maximum atomic E-state index is 13.8. The van der Waals surface area contributed by atoms with E-state index in [0.717, 1.165) is 49.7 Å². The van der Waals surface area contributed by atoms with Crippen LogP contribution in [0.2, 0.25) is 0 Å². The summed E-state index contributed by atoms with van der Waals surface area (Å²) in [6.45, 7) is 1.93. The van der Waals surface area contributed by atoms with Crippen LogP contribution in [0.15, 0.2) is 48.5 Å². The summed E-state index contributed by atoms with van der Waals surface area (Å²) in [5.74, 6) is 0.137. The number of amides is 2. The van der Waals surface area contributed by atoms with Crippen molar-refractivity contribution in [2.75, 3.05) is 6.61 Å². The van der Waals surface area contributed by atoms with Crippen molar-refractivity contribution < 1.29 is 18.7 Å². The normalized spacial score (nSPS) is 18.3. The Balaban J connectivity index is 1.38. The number of carbonyl (C=O) groups excluding carboxylic acids is 2. The average molecular weight is 425 g/mol. The fourth-order valence-electron chi connectivity index (χ4n) is 4.33. The molecule has 2 saturated carbocycles. The fraction of sp³-hybridized carbons (Fsp3) is 0.440. The Bertz CT molecular complexity index is 934. The highest BCUT2D eigenvalue weighted by atomic mass is 19.1. The summed E-state index contributed by atoms with van der Waals surface area (Å²) in [5.41, 5.74) is 1.02. The monoisotopic (exact) mass is 424 g/mol. The van der Waals surface area contributed by atoms with Crippen molar-refractivity contribution >= 4 is 11.8 Å². The SMILES string of the molecule is CC(NC(=O)C1(c2cccc(F)c2)CCCC1)c1ccc(OCC(=O)NC2CC2)cc1. The number of hydrogen-bond acceptors (Lipinski definition) is 3. The molecule has 1 unspecified atom stereocenters. The van der Waals surface area contributed by atoms with Crippen molar-refractivity contribution in [3.63, 3.8) is 0 Å². The lowest BCUT2D eigenvalue weighted by Crippen LogP contribution is -2.43. The molecule has 2 N–H and O–H groups in total. The third kappa shape index (κ3) is 5.06. The fourth-order valence-corrected chi connectivity index (χ4v) is 4.33. The Morgan fingerprint density at radius 2 is 1.84 bits per heavy atom. The molecule has 0 heterocycles. The van der Waals surface area contributed by atoms with Gasteiger partial charge >= 0.3 is 0 Å². The Labute approximate surface area is 182 Å². The van der Waals surface area contributed by atoms with Gasteiger partial charge in [-0.25, -0.2) is 4.39 Å². The molecule has 2 aliphatic rings. The van der Waals surface area contributed by atoms with Crippen molar-refractivity contribution in [2.45, 2.75) is 62.9 Å². The van der Waals surface area contributed by atoms with Crippen molar-refractivity contribution in [3.8, 4) is 5.75 Å². The number of benzene rings is 2. The van der Waals surface area contributed by atoms with Crippen LogP contribution in [0, 0.1) is 5.82 Å². The molecule has 0 aliphatic heterocycles. The molecule has 0 spiro atoms. The highest BCUT2D eigenvalue weighted by Crippen LogP contribution is 2.42. The molecule has 0 bridgehead atoms. The van der Waals surface area contributed by atoms with Gasteiger partial charge in [0.2, 0.25) is 5.91 Å². The second-order valence-corrected chi connectivity index (χ2v) is 8.69. The molecule has 0 aromatic heterocycles. The van der Waals surface area contributed by atoms with E-state index in [1.165, 1.54) is 12.1 Å². The van der Waals surface area contributed by atoms with Crippen molar-refractivity contribution in [3.05, 3.63) is 65.5 Å². The quantitative estimate of drug-likeness (QED) is 0.668. The number of carbonyl (C=O) groups is 2. The third-order valence-corrected chi connectivity index (χ3v) is 6.31.